The van der Waals surface area contributed by atoms with E-state index < -0.39 is 0 Å². The van der Waals surface area contributed by atoms with Gasteiger partial charge in [0.25, 0.3) is 0 Å². The predicted molar refractivity (Wildman–Crippen MR) is 105 cm³/mol. The number of amides is 2. The molecule has 1 N–H and O–H groups in total. The Morgan fingerprint density at radius 2 is 1.86 bits per heavy atom. The molecule has 1 atom stereocenters. The largest absolute Gasteiger partial charge is 0.352 e. The number of nitrogens with one attached hydrogen (secondary N) is 1. The second-order valence-electron chi connectivity index (χ2n) is 6.96. The third-order valence-corrected chi connectivity index (χ3v) is 5.00. The van der Waals surface area contributed by atoms with E-state index in [-0.39, 0.29) is 24.2 Å². The van der Waals surface area contributed by atoms with Crippen molar-refractivity contribution in [3.63, 3.8) is 0 Å². The van der Waals surface area contributed by atoms with Gasteiger partial charge in [-0.25, -0.2) is 4.68 Å². The van der Waals surface area contributed by atoms with E-state index >= 15 is 0 Å². The van der Waals surface area contributed by atoms with Gasteiger partial charge in [0.1, 0.15) is 0 Å². The zero-order chi connectivity index (χ0) is 19.3. The average Bonchev–Trinajstić information content (AvgIpc) is 3.38. The molecule has 1 fully saturated rings. The molecule has 1 unspecified atom stereocenters. The Hall–Kier alpha value is -3.41. The molecular weight excluding hydrogens is 352 g/mol. The van der Waals surface area contributed by atoms with Crippen LogP contribution in [-0.2, 0) is 22.7 Å². The van der Waals surface area contributed by atoms with E-state index in [1.807, 2.05) is 66.9 Å². The first-order chi connectivity index (χ1) is 13.7. The van der Waals surface area contributed by atoms with Crippen LogP contribution in [0.1, 0.15) is 17.5 Å². The molecule has 0 spiro atoms. The first kappa shape index (κ1) is 18.0. The summed E-state index contributed by atoms with van der Waals surface area (Å²) in [5, 5.41) is 7.25. The third-order valence-electron chi connectivity index (χ3n) is 5.00. The maximum atomic E-state index is 12.6. The zero-order valence-electron chi connectivity index (χ0n) is 15.5. The van der Waals surface area contributed by atoms with E-state index in [4.69, 9.17) is 0 Å². The molecule has 142 valence electrons. The van der Waals surface area contributed by atoms with E-state index in [9.17, 15) is 9.59 Å². The van der Waals surface area contributed by atoms with Crippen LogP contribution in [0.4, 0.5) is 0 Å². The molecule has 0 aliphatic carbocycles. The van der Waals surface area contributed by atoms with Gasteiger partial charge in [-0.05, 0) is 23.3 Å². The minimum absolute atomic E-state index is 0.0287. The molecule has 6 nitrogen and oxygen atoms in total. The SMILES string of the molecule is O=C(NCc1ccccc1-n1cccn1)C1CC(=O)N(Cc2ccccc2)C1. The molecule has 6 heteroatoms. The van der Waals surface area contributed by atoms with Crippen LogP contribution in [0.3, 0.4) is 0 Å². The highest BCUT2D eigenvalue weighted by Crippen LogP contribution is 2.21. The first-order valence-corrected chi connectivity index (χ1v) is 9.38. The third kappa shape index (κ3) is 3.96. The van der Waals surface area contributed by atoms with Crippen LogP contribution < -0.4 is 5.32 Å². The summed E-state index contributed by atoms with van der Waals surface area (Å²) in [6.07, 6.45) is 3.86. The fourth-order valence-electron chi connectivity index (χ4n) is 3.53. The molecule has 1 saturated heterocycles. The summed E-state index contributed by atoms with van der Waals surface area (Å²) in [4.78, 5) is 26.7. The van der Waals surface area contributed by atoms with Gasteiger partial charge in [-0.3, -0.25) is 9.59 Å². The maximum Gasteiger partial charge on any atom is 0.225 e. The molecule has 28 heavy (non-hydrogen) atoms. The van der Waals surface area contributed by atoms with Crippen molar-refractivity contribution in [2.45, 2.75) is 19.5 Å². The van der Waals surface area contributed by atoms with Crippen LogP contribution in [0.2, 0.25) is 0 Å². The van der Waals surface area contributed by atoms with Crippen LogP contribution in [0.15, 0.2) is 73.1 Å². The number of nitrogens with zero attached hydrogens (tertiary/aromatic N) is 3. The number of hydrogen-bond acceptors (Lipinski definition) is 3. The normalized spacial score (nSPS) is 16.4. The lowest BCUT2D eigenvalue weighted by atomic mass is 10.1. The Balaban J connectivity index is 1.37. The number of rotatable bonds is 6. The van der Waals surface area contributed by atoms with Crippen LogP contribution in [-0.4, -0.2) is 33.0 Å². The summed E-state index contributed by atoms with van der Waals surface area (Å²) in [5.74, 6) is -0.367. The minimum atomic E-state index is -0.312. The van der Waals surface area contributed by atoms with Crippen molar-refractivity contribution in [3.05, 3.63) is 84.2 Å². The summed E-state index contributed by atoms with van der Waals surface area (Å²) in [5.41, 5.74) is 2.98. The summed E-state index contributed by atoms with van der Waals surface area (Å²) in [6.45, 7) is 1.41. The van der Waals surface area contributed by atoms with E-state index in [1.54, 1.807) is 15.8 Å². The fraction of sp³-hybridized carbons (Fsp3) is 0.227. The number of benzene rings is 2. The van der Waals surface area contributed by atoms with Gasteiger partial charge >= 0.3 is 0 Å². The standard InChI is InChI=1S/C22H22N4O2/c27-21-13-19(16-25(21)15-17-7-2-1-3-8-17)22(28)23-14-18-9-4-5-10-20(18)26-12-6-11-24-26/h1-12,19H,13-16H2,(H,23,28). The summed E-state index contributed by atoms with van der Waals surface area (Å²) in [7, 11) is 0. The van der Waals surface area contributed by atoms with E-state index in [2.05, 4.69) is 10.4 Å². The van der Waals surface area contributed by atoms with Crippen LogP contribution in [0.5, 0.6) is 0 Å². The van der Waals surface area contributed by atoms with Crippen LogP contribution in [0.25, 0.3) is 5.69 Å². The van der Waals surface area contributed by atoms with Crippen molar-refractivity contribution in [3.8, 4) is 5.69 Å². The van der Waals surface area contributed by atoms with Gasteiger partial charge < -0.3 is 10.2 Å². The molecule has 0 saturated carbocycles. The molecule has 1 aliphatic rings. The van der Waals surface area contributed by atoms with Crippen molar-refractivity contribution < 1.29 is 9.59 Å². The Morgan fingerprint density at radius 3 is 2.64 bits per heavy atom. The Labute approximate surface area is 163 Å². The van der Waals surface area contributed by atoms with Crippen LogP contribution in [0, 0.1) is 5.92 Å². The van der Waals surface area contributed by atoms with Gasteiger partial charge in [-0.15, -0.1) is 0 Å². The van der Waals surface area contributed by atoms with Crippen LogP contribution >= 0.6 is 0 Å². The van der Waals surface area contributed by atoms with Crippen molar-refractivity contribution in [1.29, 1.82) is 0 Å². The molecule has 0 bridgehead atoms. The van der Waals surface area contributed by atoms with E-state index in [0.29, 0.717) is 19.6 Å². The van der Waals surface area contributed by atoms with Gasteiger partial charge in [0.05, 0.1) is 11.6 Å². The number of likely N-dealkylation sites (tertiary alicyclic amines) is 1. The van der Waals surface area contributed by atoms with Gasteiger partial charge in [-0.1, -0.05) is 48.5 Å². The van der Waals surface area contributed by atoms with E-state index in [1.165, 1.54) is 0 Å². The molecule has 2 aromatic carbocycles. The molecule has 3 aromatic rings. The number of aromatic nitrogens is 2. The molecule has 2 amide bonds. The quantitative estimate of drug-likeness (QED) is 0.721. The van der Waals surface area contributed by atoms with Gasteiger partial charge in [0.2, 0.25) is 11.8 Å². The van der Waals surface area contributed by atoms with Crippen molar-refractivity contribution in [1.82, 2.24) is 20.0 Å². The van der Waals surface area contributed by atoms with Crippen molar-refractivity contribution in [2.75, 3.05) is 6.54 Å². The maximum absolute atomic E-state index is 12.6. The van der Waals surface area contributed by atoms with Gasteiger partial charge in [-0.2, -0.15) is 5.10 Å². The predicted octanol–water partition coefficient (Wildman–Crippen LogP) is 2.54. The molecule has 1 aromatic heterocycles. The highest BCUT2D eigenvalue weighted by Gasteiger charge is 2.34. The number of para-hydroxylation sites is 1. The topological polar surface area (TPSA) is 67.2 Å². The summed E-state index contributed by atoms with van der Waals surface area (Å²) >= 11 is 0. The number of carbonyl (C=O) groups excluding carboxylic acids is 2. The van der Waals surface area contributed by atoms with Crippen molar-refractivity contribution >= 4 is 11.8 Å². The zero-order valence-corrected chi connectivity index (χ0v) is 15.5. The van der Waals surface area contributed by atoms with Crippen molar-refractivity contribution in [2.24, 2.45) is 5.92 Å². The summed E-state index contributed by atoms with van der Waals surface area (Å²) in [6, 6.07) is 19.5. The van der Waals surface area contributed by atoms with E-state index in [0.717, 1.165) is 16.8 Å². The Kier molecular flexibility index (Phi) is 5.19. The highest BCUT2D eigenvalue weighted by molar-refractivity contribution is 5.89. The molecule has 2 heterocycles. The summed E-state index contributed by atoms with van der Waals surface area (Å²) < 4.78 is 1.78. The fourth-order valence-corrected chi connectivity index (χ4v) is 3.53. The minimum Gasteiger partial charge on any atom is -0.352 e. The Morgan fingerprint density at radius 1 is 1.07 bits per heavy atom. The lowest BCUT2D eigenvalue weighted by Gasteiger charge is -2.17. The smallest absolute Gasteiger partial charge is 0.225 e. The second-order valence-corrected chi connectivity index (χ2v) is 6.96. The number of hydrogen-bond donors (Lipinski definition) is 1. The monoisotopic (exact) mass is 374 g/mol. The first-order valence-electron chi connectivity index (χ1n) is 9.38. The molecule has 0 radical (unpaired) electrons. The van der Waals surface area contributed by atoms with Gasteiger partial charge in [0, 0.05) is 38.4 Å². The average molecular weight is 374 g/mol. The lowest BCUT2D eigenvalue weighted by molar-refractivity contribution is -0.129. The second kappa shape index (κ2) is 8.08. The number of carbonyl (C=O) groups is 2. The molecule has 4 rings (SSSR count). The Bertz CT molecular complexity index is 954. The molecular formula is C22H22N4O2. The highest BCUT2D eigenvalue weighted by atomic mass is 16.2. The molecule has 1 aliphatic heterocycles. The lowest BCUT2D eigenvalue weighted by Crippen LogP contribution is -2.32. The van der Waals surface area contributed by atoms with Gasteiger partial charge in [0.15, 0.2) is 0 Å².